The highest BCUT2D eigenvalue weighted by molar-refractivity contribution is 5.85. The Labute approximate surface area is 96.4 Å². The zero-order valence-corrected chi connectivity index (χ0v) is 9.48. The molecule has 0 aliphatic carbocycles. The van der Waals surface area contributed by atoms with Gasteiger partial charge in [-0.05, 0) is 36.9 Å². The largest absolute Gasteiger partial charge is 0.493 e. The van der Waals surface area contributed by atoms with Gasteiger partial charge < -0.3 is 10.1 Å². The van der Waals surface area contributed by atoms with Crippen LogP contribution in [0.15, 0.2) is 18.2 Å². The van der Waals surface area contributed by atoms with Crippen molar-refractivity contribution in [2.24, 2.45) is 0 Å². The number of rotatable bonds is 0. The van der Waals surface area contributed by atoms with Crippen molar-refractivity contribution in [2.75, 3.05) is 13.2 Å². The molecule has 3 heteroatoms. The van der Waals surface area contributed by atoms with Crippen molar-refractivity contribution in [1.29, 1.82) is 0 Å². The summed E-state index contributed by atoms with van der Waals surface area (Å²) >= 11 is 0. The van der Waals surface area contributed by atoms with Gasteiger partial charge in [0.25, 0.3) is 0 Å². The highest BCUT2D eigenvalue weighted by Gasteiger charge is 2.25. The van der Waals surface area contributed by atoms with E-state index in [1.54, 1.807) is 0 Å². The van der Waals surface area contributed by atoms with Crippen LogP contribution in [0.3, 0.4) is 0 Å². The van der Waals surface area contributed by atoms with E-state index in [0.29, 0.717) is 0 Å². The van der Waals surface area contributed by atoms with Crippen molar-refractivity contribution >= 4 is 12.4 Å². The van der Waals surface area contributed by atoms with Crippen LogP contribution in [0.2, 0.25) is 0 Å². The first-order valence-electron chi connectivity index (χ1n) is 5.40. The Kier molecular flexibility index (Phi) is 3.17. The molecule has 0 saturated carbocycles. The van der Waals surface area contributed by atoms with Gasteiger partial charge >= 0.3 is 0 Å². The Hall–Kier alpha value is -0.730. The molecule has 2 aliphatic heterocycles. The maximum absolute atomic E-state index is 5.70. The van der Waals surface area contributed by atoms with E-state index in [0.717, 1.165) is 31.4 Å². The van der Waals surface area contributed by atoms with Crippen LogP contribution in [0, 0.1) is 0 Å². The Morgan fingerprint density at radius 2 is 2.20 bits per heavy atom. The Morgan fingerprint density at radius 1 is 1.27 bits per heavy atom. The number of hydrogen-bond acceptors (Lipinski definition) is 2. The molecule has 1 aromatic carbocycles. The molecule has 2 nitrogen and oxygen atoms in total. The van der Waals surface area contributed by atoms with Crippen LogP contribution >= 0.6 is 12.4 Å². The minimum Gasteiger partial charge on any atom is -0.493 e. The average molecular weight is 226 g/mol. The second-order valence-electron chi connectivity index (χ2n) is 4.13. The minimum absolute atomic E-state index is 0. The van der Waals surface area contributed by atoms with Crippen LogP contribution in [0.4, 0.5) is 0 Å². The Morgan fingerprint density at radius 3 is 3.13 bits per heavy atom. The zero-order valence-electron chi connectivity index (χ0n) is 8.66. The first-order valence-corrected chi connectivity index (χ1v) is 5.40. The molecule has 1 atom stereocenters. The van der Waals surface area contributed by atoms with Crippen LogP contribution in [0.25, 0.3) is 0 Å². The summed E-state index contributed by atoms with van der Waals surface area (Å²) in [4.78, 5) is 0. The molecule has 1 N–H and O–H groups in total. The average Bonchev–Trinajstić information content (AvgIpc) is 2.44. The van der Waals surface area contributed by atoms with Crippen LogP contribution in [0.1, 0.15) is 29.9 Å². The number of nitrogens with one attached hydrogen (secondary N) is 1. The summed E-state index contributed by atoms with van der Waals surface area (Å²) in [6.45, 7) is 3.03. The molecule has 0 radical (unpaired) electrons. The highest BCUT2D eigenvalue weighted by atomic mass is 35.5. The third-order valence-electron chi connectivity index (χ3n) is 3.27. The molecular weight excluding hydrogens is 210 g/mol. The van der Waals surface area contributed by atoms with Gasteiger partial charge in [-0.1, -0.05) is 12.1 Å². The molecule has 0 spiro atoms. The summed E-state index contributed by atoms with van der Waals surface area (Å²) in [5.41, 5.74) is 2.91. The lowest BCUT2D eigenvalue weighted by molar-refractivity contribution is 0.264. The van der Waals surface area contributed by atoms with Gasteiger partial charge in [0.2, 0.25) is 0 Å². The molecule has 82 valence electrons. The molecule has 15 heavy (non-hydrogen) atoms. The van der Waals surface area contributed by atoms with E-state index in [2.05, 4.69) is 23.5 Å². The molecule has 0 aromatic heterocycles. The van der Waals surface area contributed by atoms with Gasteiger partial charge in [-0.25, -0.2) is 0 Å². The standard InChI is InChI=1S/C12H15NO.ClH/c1-2-10-8-13-6-4-9-5-7-14-11(3-1)12(9)10;/h1-3,9,13H,4-8H2;1H. The molecule has 0 bridgehead atoms. The van der Waals surface area contributed by atoms with Gasteiger partial charge in [0.05, 0.1) is 6.61 Å². The third kappa shape index (κ3) is 1.84. The lowest BCUT2D eigenvalue weighted by atomic mass is 9.88. The maximum Gasteiger partial charge on any atom is 0.123 e. The minimum atomic E-state index is 0. The van der Waals surface area contributed by atoms with Crippen LogP contribution in [0.5, 0.6) is 5.75 Å². The van der Waals surface area contributed by atoms with Crippen molar-refractivity contribution < 1.29 is 4.74 Å². The molecule has 1 aromatic rings. The number of hydrogen-bond donors (Lipinski definition) is 1. The van der Waals surface area contributed by atoms with Crippen molar-refractivity contribution in [3.05, 3.63) is 29.3 Å². The van der Waals surface area contributed by atoms with E-state index < -0.39 is 0 Å². The Bertz CT molecular complexity index is 353. The fourth-order valence-electron chi connectivity index (χ4n) is 2.58. The van der Waals surface area contributed by atoms with Crippen molar-refractivity contribution in [1.82, 2.24) is 5.32 Å². The zero-order chi connectivity index (χ0) is 9.38. The van der Waals surface area contributed by atoms with Crippen molar-refractivity contribution in [3.8, 4) is 5.75 Å². The number of ether oxygens (including phenoxy) is 1. The van der Waals surface area contributed by atoms with E-state index in [-0.39, 0.29) is 12.4 Å². The summed E-state index contributed by atoms with van der Waals surface area (Å²) < 4.78 is 5.70. The smallest absolute Gasteiger partial charge is 0.123 e. The third-order valence-corrected chi connectivity index (χ3v) is 3.27. The van der Waals surface area contributed by atoms with Gasteiger partial charge in [0, 0.05) is 12.1 Å². The van der Waals surface area contributed by atoms with E-state index in [9.17, 15) is 0 Å². The monoisotopic (exact) mass is 225 g/mol. The summed E-state index contributed by atoms with van der Waals surface area (Å²) in [7, 11) is 0. The second kappa shape index (κ2) is 4.42. The molecule has 0 fully saturated rings. The Balaban J connectivity index is 0.000000853. The predicted octanol–water partition coefficient (Wildman–Crippen LogP) is 2.47. The lowest BCUT2D eigenvalue weighted by Crippen LogP contribution is -2.15. The van der Waals surface area contributed by atoms with Crippen molar-refractivity contribution in [3.63, 3.8) is 0 Å². The van der Waals surface area contributed by atoms with Crippen LogP contribution in [-0.4, -0.2) is 13.2 Å². The topological polar surface area (TPSA) is 21.3 Å². The molecule has 2 aliphatic rings. The molecule has 3 rings (SSSR count). The molecule has 0 saturated heterocycles. The predicted molar refractivity (Wildman–Crippen MR) is 62.9 cm³/mol. The lowest BCUT2D eigenvalue weighted by Gasteiger charge is -2.26. The van der Waals surface area contributed by atoms with Gasteiger partial charge in [-0.15, -0.1) is 12.4 Å². The van der Waals surface area contributed by atoms with Gasteiger partial charge in [0.1, 0.15) is 5.75 Å². The quantitative estimate of drug-likeness (QED) is 0.733. The maximum atomic E-state index is 5.70. The van der Waals surface area contributed by atoms with Gasteiger partial charge in [-0.3, -0.25) is 0 Å². The van der Waals surface area contributed by atoms with Gasteiger partial charge in [-0.2, -0.15) is 0 Å². The number of benzene rings is 1. The highest BCUT2D eigenvalue weighted by Crippen LogP contribution is 2.38. The first kappa shape index (κ1) is 10.8. The number of halogens is 1. The van der Waals surface area contributed by atoms with Gasteiger partial charge in [0.15, 0.2) is 0 Å². The van der Waals surface area contributed by atoms with E-state index in [1.165, 1.54) is 24.0 Å². The summed E-state index contributed by atoms with van der Waals surface area (Å²) in [6.07, 6.45) is 2.44. The first-order chi connectivity index (χ1) is 6.95. The fourth-order valence-corrected chi connectivity index (χ4v) is 2.58. The molecule has 0 amide bonds. The SMILES string of the molecule is Cl.c1cc2c3c(c1)OCCC3CCNC2. The van der Waals surface area contributed by atoms with Crippen LogP contribution in [-0.2, 0) is 6.54 Å². The summed E-state index contributed by atoms with van der Waals surface area (Å²) in [6, 6.07) is 6.43. The summed E-state index contributed by atoms with van der Waals surface area (Å²) in [5.74, 6) is 1.85. The fraction of sp³-hybridized carbons (Fsp3) is 0.500. The van der Waals surface area contributed by atoms with Crippen molar-refractivity contribution in [2.45, 2.75) is 25.3 Å². The van der Waals surface area contributed by atoms with E-state index in [1.807, 2.05) is 0 Å². The van der Waals surface area contributed by atoms with E-state index >= 15 is 0 Å². The normalized spacial score (nSPS) is 23.1. The second-order valence-corrected chi connectivity index (χ2v) is 4.13. The van der Waals surface area contributed by atoms with Crippen LogP contribution < -0.4 is 10.1 Å². The summed E-state index contributed by atoms with van der Waals surface area (Å²) in [5, 5.41) is 3.47. The van der Waals surface area contributed by atoms with E-state index in [4.69, 9.17) is 4.74 Å². The molecular formula is C12H16ClNO. The molecule has 2 heterocycles. The molecule has 1 unspecified atom stereocenters.